The van der Waals surface area contributed by atoms with Gasteiger partial charge in [0.2, 0.25) is 0 Å². The molecule has 2 aromatic rings. The van der Waals surface area contributed by atoms with Crippen molar-refractivity contribution in [3.63, 3.8) is 0 Å². The van der Waals surface area contributed by atoms with E-state index in [1.165, 1.54) is 5.56 Å². The van der Waals surface area contributed by atoms with Crippen LogP contribution in [0.25, 0.3) is 0 Å². The van der Waals surface area contributed by atoms with Crippen molar-refractivity contribution in [1.29, 1.82) is 0 Å². The van der Waals surface area contributed by atoms with Gasteiger partial charge in [0.25, 0.3) is 5.91 Å². The average Bonchev–Trinajstić information content (AvgIpc) is 2.67. The molecule has 1 fully saturated rings. The Kier molecular flexibility index (Phi) is 6.29. The molecule has 26 heavy (non-hydrogen) atoms. The second kappa shape index (κ2) is 8.86. The zero-order valence-corrected chi connectivity index (χ0v) is 15.6. The summed E-state index contributed by atoms with van der Waals surface area (Å²) < 4.78 is 5.53. The number of nitrogens with zero attached hydrogens (tertiary/aromatic N) is 1. The maximum Gasteiger partial charge on any atom is 0.277 e. The molecule has 2 aromatic carbocycles. The number of rotatable bonds is 5. The third-order valence-corrected chi connectivity index (χ3v) is 4.90. The van der Waals surface area contributed by atoms with E-state index in [0.717, 1.165) is 37.0 Å². The van der Waals surface area contributed by atoms with Gasteiger partial charge in [-0.2, -0.15) is 5.10 Å². The maximum absolute atomic E-state index is 12.0. The molecule has 0 atom stereocenters. The molecule has 136 valence electrons. The monoisotopic (exact) mass is 370 g/mol. The van der Waals surface area contributed by atoms with Crippen LogP contribution in [-0.4, -0.2) is 18.2 Å². The van der Waals surface area contributed by atoms with Crippen LogP contribution in [0.15, 0.2) is 53.6 Å². The van der Waals surface area contributed by atoms with Crippen molar-refractivity contribution >= 4 is 23.2 Å². The Balaban J connectivity index is 1.44. The fourth-order valence-electron chi connectivity index (χ4n) is 3.21. The fraction of sp³-hybridized carbons (Fsp3) is 0.333. The first-order valence-electron chi connectivity index (χ1n) is 8.90. The van der Waals surface area contributed by atoms with Crippen LogP contribution >= 0.6 is 11.6 Å². The van der Waals surface area contributed by atoms with Gasteiger partial charge < -0.3 is 4.74 Å². The molecule has 0 saturated heterocycles. The number of carbonyl (C=O) groups is 1. The van der Waals surface area contributed by atoms with Crippen LogP contribution in [0.1, 0.15) is 42.7 Å². The van der Waals surface area contributed by atoms with Gasteiger partial charge in [0.1, 0.15) is 5.75 Å². The Labute approximate surface area is 159 Å². The van der Waals surface area contributed by atoms with E-state index in [1.54, 1.807) is 18.2 Å². The lowest BCUT2D eigenvalue weighted by Gasteiger charge is -2.23. The lowest BCUT2D eigenvalue weighted by atomic mass is 9.83. The summed E-state index contributed by atoms with van der Waals surface area (Å²) in [7, 11) is 0. The summed E-state index contributed by atoms with van der Waals surface area (Å²) in [6, 6.07) is 15.9. The van der Waals surface area contributed by atoms with Gasteiger partial charge in [-0.15, -0.1) is 0 Å². The smallest absolute Gasteiger partial charge is 0.277 e. The Hall–Kier alpha value is -2.33. The zero-order chi connectivity index (χ0) is 18.4. The first kappa shape index (κ1) is 18.5. The number of hydrogen-bond acceptors (Lipinski definition) is 3. The number of halogens is 1. The average molecular weight is 371 g/mol. The van der Waals surface area contributed by atoms with Gasteiger partial charge in [-0.25, -0.2) is 5.43 Å². The van der Waals surface area contributed by atoms with E-state index in [-0.39, 0.29) is 12.5 Å². The van der Waals surface area contributed by atoms with E-state index in [1.807, 2.05) is 13.0 Å². The first-order chi connectivity index (χ1) is 12.6. The van der Waals surface area contributed by atoms with Crippen molar-refractivity contribution in [3.8, 4) is 5.75 Å². The van der Waals surface area contributed by atoms with E-state index in [4.69, 9.17) is 16.3 Å². The Morgan fingerprint density at radius 2 is 1.92 bits per heavy atom. The highest BCUT2D eigenvalue weighted by atomic mass is 35.5. The summed E-state index contributed by atoms with van der Waals surface area (Å²) in [6.07, 6.45) is 3.96. The molecule has 3 rings (SSSR count). The van der Waals surface area contributed by atoms with Crippen LogP contribution in [0, 0.1) is 6.92 Å². The van der Waals surface area contributed by atoms with Crippen LogP contribution in [0.5, 0.6) is 5.75 Å². The van der Waals surface area contributed by atoms with Gasteiger partial charge in [-0.05, 0) is 67.9 Å². The van der Waals surface area contributed by atoms with E-state index >= 15 is 0 Å². The van der Waals surface area contributed by atoms with Gasteiger partial charge >= 0.3 is 0 Å². The second-order valence-corrected chi connectivity index (χ2v) is 7.03. The van der Waals surface area contributed by atoms with Crippen LogP contribution in [0.2, 0.25) is 5.02 Å². The number of hydrogen-bond donors (Lipinski definition) is 1. The Morgan fingerprint density at radius 1 is 1.19 bits per heavy atom. The molecular weight excluding hydrogens is 348 g/mol. The molecule has 0 spiro atoms. The van der Waals surface area contributed by atoms with Crippen LogP contribution < -0.4 is 10.2 Å². The molecule has 0 heterocycles. The SMILES string of the molecule is Cc1cc(Cl)ccc1OCC(=O)NN=C1CCC(c2ccccc2)CC1. The summed E-state index contributed by atoms with van der Waals surface area (Å²) in [6.45, 7) is 1.83. The summed E-state index contributed by atoms with van der Waals surface area (Å²) >= 11 is 5.91. The van der Waals surface area contributed by atoms with Crippen LogP contribution in [0.4, 0.5) is 0 Å². The number of amides is 1. The molecule has 0 aliphatic heterocycles. The predicted octanol–water partition coefficient (Wildman–Crippen LogP) is 4.86. The Bertz CT molecular complexity index is 780. The van der Waals surface area contributed by atoms with Gasteiger partial charge in [-0.3, -0.25) is 4.79 Å². The van der Waals surface area contributed by atoms with Crippen LogP contribution in [-0.2, 0) is 4.79 Å². The largest absolute Gasteiger partial charge is 0.483 e. The van der Waals surface area contributed by atoms with Crippen molar-refractivity contribution in [2.45, 2.75) is 38.5 Å². The maximum atomic E-state index is 12.0. The highest BCUT2D eigenvalue weighted by Gasteiger charge is 2.19. The summed E-state index contributed by atoms with van der Waals surface area (Å²) in [5, 5.41) is 4.93. The number of ether oxygens (including phenoxy) is 1. The molecule has 0 aromatic heterocycles. The normalized spacial score (nSPS) is 16.8. The van der Waals surface area contributed by atoms with E-state index < -0.39 is 0 Å². The minimum Gasteiger partial charge on any atom is -0.483 e. The minimum atomic E-state index is -0.253. The van der Waals surface area contributed by atoms with Crippen molar-refractivity contribution in [2.24, 2.45) is 5.10 Å². The van der Waals surface area contributed by atoms with Gasteiger partial charge in [0.05, 0.1) is 0 Å². The molecule has 4 nitrogen and oxygen atoms in total. The number of carbonyl (C=O) groups excluding carboxylic acids is 1. The minimum absolute atomic E-state index is 0.0636. The first-order valence-corrected chi connectivity index (χ1v) is 9.28. The summed E-state index contributed by atoms with van der Waals surface area (Å²) in [4.78, 5) is 12.0. The van der Waals surface area contributed by atoms with E-state index in [0.29, 0.717) is 16.7 Å². The van der Waals surface area contributed by atoms with Crippen molar-refractivity contribution in [2.75, 3.05) is 6.61 Å². The molecule has 1 aliphatic rings. The number of nitrogens with one attached hydrogen (secondary N) is 1. The summed E-state index contributed by atoms with van der Waals surface area (Å²) in [5.74, 6) is 0.986. The zero-order valence-electron chi connectivity index (χ0n) is 14.9. The molecule has 1 aliphatic carbocycles. The Morgan fingerprint density at radius 3 is 2.62 bits per heavy atom. The molecule has 5 heteroatoms. The molecule has 1 saturated carbocycles. The third-order valence-electron chi connectivity index (χ3n) is 4.67. The topological polar surface area (TPSA) is 50.7 Å². The molecule has 0 bridgehead atoms. The predicted molar refractivity (Wildman–Crippen MR) is 105 cm³/mol. The molecule has 0 unspecified atom stereocenters. The molecule has 0 radical (unpaired) electrons. The lowest BCUT2D eigenvalue weighted by Crippen LogP contribution is -2.26. The highest BCUT2D eigenvalue weighted by molar-refractivity contribution is 6.30. The van der Waals surface area contributed by atoms with Gasteiger partial charge in [0, 0.05) is 10.7 Å². The van der Waals surface area contributed by atoms with Gasteiger partial charge in [-0.1, -0.05) is 41.9 Å². The number of benzene rings is 2. The summed E-state index contributed by atoms with van der Waals surface area (Å²) in [5.41, 5.74) is 5.95. The molecule has 1 amide bonds. The number of hydrazone groups is 1. The van der Waals surface area contributed by atoms with Crippen LogP contribution in [0.3, 0.4) is 0 Å². The standard InChI is InChI=1S/C21H23ClN2O2/c1-15-13-18(22)9-12-20(15)26-14-21(25)24-23-19-10-7-17(8-11-19)16-5-3-2-4-6-16/h2-6,9,12-13,17H,7-8,10-11,14H2,1H3,(H,24,25). The molecular formula is C21H23ClN2O2. The van der Waals surface area contributed by atoms with E-state index in [9.17, 15) is 4.79 Å². The highest BCUT2D eigenvalue weighted by Crippen LogP contribution is 2.31. The van der Waals surface area contributed by atoms with E-state index in [2.05, 4.69) is 34.8 Å². The molecule has 1 N–H and O–H groups in total. The van der Waals surface area contributed by atoms with Gasteiger partial charge in [0.15, 0.2) is 6.61 Å². The lowest BCUT2D eigenvalue weighted by molar-refractivity contribution is -0.123. The van der Waals surface area contributed by atoms with Crippen molar-refractivity contribution in [3.05, 3.63) is 64.7 Å². The number of aryl methyl sites for hydroxylation is 1. The quantitative estimate of drug-likeness (QED) is 0.764. The third kappa shape index (κ3) is 5.09. The van der Waals surface area contributed by atoms with Crippen molar-refractivity contribution in [1.82, 2.24) is 5.43 Å². The second-order valence-electron chi connectivity index (χ2n) is 6.60. The van der Waals surface area contributed by atoms with Crippen molar-refractivity contribution < 1.29 is 9.53 Å². The fourth-order valence-corrected chi connectivity index (χ4v) is 3.44.